The molecule has 7 heteroatoms. The molecular formula is C22H20N2O3S2. The Morgan fingerprint density at radius 2 is 2.00 bits per heavy atom. The van der Waals surface area contributed by atoms with Crippen molar-refractivity contribution in [2.45, 2.75) is 30.4 Å². The zero-order valence-electron chi connectivity index (χ0n) is 16.0. The molecule has 0 saturated carbocycles. The van der Waals surface area contributed by atoms with Gasteiger partial charge in [-0.1, -0.05) is 12.1 Å². The standard InChI is InChI=1S/C22H20N2O3S2/c1-15-23-16(13-28-15)14-29-20-6-3-2-5-19(20)22(26)27-18-10-8-17(9-11-18)24-12-4-7-21(24)25/h2-3,5-6,8-11,13H,4,7,12,14H2,1H3. The second-order valence-electron chi connectivity index (χ2n) is 6.68. The van der Waals surface area contributed by atoms with E-state index < -0.39 is 5.97 Å². The molecule has 2 heterocycles. The van der Waals surface area contributed by atoms with Crippen molar-refractivity contribution >= 4 is 40.7 Å². The lowest BCUT2D eigenvalue weighted by atomic mass is 10.2. The number of amides is 1. The summed E-state index contributed by atoms with van der Waals surface area (Å²) in [6.07, 6.45) is 1.47. The van der Waals surface area contributed by atoms with Crippen molar-refractivity contribution in [3.63, 3.8) is 0 Å². The Kier molecular flexibility index (Phi) is 5.97. The number of ether oxygens (including phenoxy) is 1. The van der Waals surface area contributed by atoms with Crippen molar-refractivity contribution in [1.29, 1.82) is 0 Å². The van der Waals surface area contributed by atoms with Gasteiger partial charge in [0.2, 0.25) is 5.91 Å². The van der Waals surface area contributed by atoms with E-state index in [1.165, 1.54) is 0 Å². The van der Waals surface area contributed by atoms with Crippen molar-refractivity contribution in [3.8, 4) is 5.75 Å². The first-order valence-electron chi connectivity index (χ1n) is 9.35. The first kappa shape index (κ1) is 19.7. The van der Waals surface area contributed by atoms with E-state index in [0.29, 0.717) is 23.5 Å². The van der Waals surface area contributed by atoms with Gasteiger partial charge in [-0.3, -0.25) is 4.79 Å². The summed E-state index contributed by atoms with van der Waals surface area (Å²) in [7, 11) is 0. The highest BCUT2D eigenvalue weighted by molar-refractivity contribution is 7.98. The highest BCUT2D eigenvalue weighted by atomic mass is 32.2. The summed E-state index contributed by atoms with van der Waals surface area (Å²) >= 11 is 3.19. The number of carbonyl (C=O) groups is 2. The number of esters is 1. The number of anilines is 1. The molecule has 1 aromatic heterocycles. The van der Waals surface area contributed by atoms with E-state index >= 15 is 0 Å². The molecule has 3 aromatic rings. The fourth-order valence-corrected chi connectivity index (χ4v) is 4.82. The van der Waals surface area contributed by atoms with Gasteiger partial charge in [-0.15, -0.1) is 23.1 Å². The van der Waals surface area contributed by atoms with Crippen LogP contribution in [0.1, 0.15) is 33.9 Å². The normalized spacial score (nSPS) is 13.7. The molecule has 1 aliphatic heterocycles. The van der Waals surface area contributed by atoms with Crippen LogP contribution in [0, 0.1) is 6.92 Å². The first-order chi connectivity index (χ1) is 14.1. The van der Waals surface area contributed by atoms with Gasteiger partial charge in [-0.05, 0) is 49.7 Å². The van der Waals surface area contributed by atoms with Gasteiger partial charge in [0, 0.05) is 34.7 Å². The van der Waals surface area contributed by atoms with Gasteiger partial charge in [0.05, 0.1) is 16.3 Å². The van der Waals surface area contributed by atoms with Gasteiger partial charge in [0.15, 0.2) is 0 Å². The second-order valence-corrected chi connectivity index (χ2v) is 8.75. The quantitative estimate of drug-likeness (QED) is 0.313. The van der Waals surface area contributed by atoms with Crippen LogP contribution in [0.2, 0.25) is 0 Å². The molecule has 148 valence electrons. The summed E-state index contributed by atoms with van der Waals surface area (Å²) < 4.78 is 5.57. The highest BCUT2D eigenvalue weighted by Gasteiger charge is 2.21. The van der Waals surface area contributed by atoms with E-state index in [1.807, 2.05) is 42.6 Å². The lowest BCUT2D eigenvalue weighted by Gasteiger charge is -2.16. The van der Waals surface area contributed by atoms with Crippen LogP contribution in [0.5, 0.6) is 5.75 Å². The van der Waals surface area contributed by atoms with Crippen molar-refractivity contribution in [3.05, 3.63) is 70.2 Å². The maximum absolute atomic E-state index is 12.7. The Hall–Kier alpha value is -2.64. The second kappa shape index (κ2) is 8.80. The van der Waals surface area contributed by atoms with Gasteiger partial charge < -0.3 is 9.64 Å². The third-order valence-electron chi connectivity index (χ3n) is 4.58. The van der Waals surface area contributed by atoms with Gasteiger partial charge >= 0.3 is 5.97 Å². The number of hydrogen-bond acceptors (Lipinski definition) is 6. The van der Waals surface area contributed by atoms with Gasteiger partial charge in [0.25, 0.3) is 0 Å². The Labute approximate surface area is 177 Å². The number of rotatable bonds is 6. The molecule has 0 spiro atoms. The Balaban J connectivity index is 1.43. The van der Waals surface area contributed by atoms with Gasteiger partial charge in [-0.2, -0.15) is 0 Å². The summed E-state index contributed by atoms with van der Waals surface area (Å²) in [6.45, 7) is 2.72. The number of aromatic nitrogens is 1. The zero-order chi connectivity index (χ0) is 20.2. The number of nitrogens with zero attached hydrogens (tertiary/aromatic N) is 2. The summed E-state index contributed by atoms with van der Waals surface area (Å²) in [4.78, 5) is 31.7. The number of aryl methyl sites for hydroxylation is 1. The molecule has 0 aliphatic carbocycles. The summed E-state index contributed by atoms with van der Waals surface area (Å²) in [5.74, 6) is 0.900. The molecule has 5 nitrogen and oxygen atoms in total. The van der Waals surface area contributed by atoms with Crippen molar-refractivity contribution < 1.29 is 14.3 Å². The summed E-state index contributed by atoms with van der Waals surface area (Å²) in [6, 6.07) is 14.5. The molecule has 4 rings (SSSR count). The summed E-state index contributed by atoms with van der Waals surface area (Å²) in [5.41, 5.74) is 2.37. The minimum Gasteiger partial charge on any atom is -0.423 e. The van der Waals surface area contributed by atoms with Gasteiger partial charge in [0.1, 0.15) is 5.75 Å². The maximum atomic E-state index is 12.7. The average molecular weight is 425 g/mol. The van der Waals surface area contributed by atoms with Crippen LogP contribution in [0.3, 0.4) is 0 Å². The number of benzene rings is 2. The predicted molar refractivity (Wildman–Crippen MR) is 116 cm³/mol. The molecule has 0 radical (unpaired) electrons. The third-order valence-corrected chi connectivity index (χ3v) is 6.51. The maximum Gasteiger partial charge on any atom is 0.344 e. The third kappa shape index (κ3) is 4.68. The SMILES string of the molecule is Cc1nc(CSc2ccccc2C(=O)Oc2ccc(N3CCCC3=O)cc2)cs1. The molecule has 1 saturated heterocycles. The van der Waals surface area contributed by atoms with Crippen LogP contribution in [-0.4, -0.2) is 23.4 Å². The fourth-order valence-electron chi connectivity index (χ4n) is 3.16. The van der Waals surface area contributed by atoms with E-state index in [2.05, 4.69) is 4.98 Å². The lowest BCUT2D eigenvalue weighted by Crippen LogP contribution is -2.23. The number of hydrogen-bond donors (Lipinski definition) is 0. The molecule has 1 aliphatic rings. The fraction of sp³-hybridized carbons (Fsp3) is 0.227. The first-order valence-corrected chi connectivity index (χ1v) is 11.2. The Morgan fingerprint density at radius 3 is 2.69 bits per heavy atom. The van der Waals surface area contributed by atoms with E-state index in [1.54, 1.807) is 46.2 Å². The molecular weight excluding hydrogens is 404 g/mol. The smallest absolute Gasteiger partial charge is 0.344 e. The van der Waals surface area contributed by atoms with Crippen molar-refractivity contribution in [2.75, 3.05) is 11.4 Å². The molecule has 0 atom stereocenters. The van der Waals surface area contributed by atoms with Crippen LogP contribution in [-0.2, 0) is 10.5 Å². The molecule has 0 bridgehead atoms. The van der Waals surface area contributed by atoms with E-state index in [4.69, 9.17) is 4.74 Å². The van der Waals surface area contributed by atoms with Crippen LogP contribution in [0.4, 0.5) is 5.69 Å². The number of thiazole rings is 1. The minimum atomic E-state index is -0.396. The largest absolute Gasteiger partial charge is 0.423 e. The average Bonchev–Trinajstić information content (AvgIpc) is 3.35. The Bertz CT molecular complexity index is 1030. The molecule has 29 heavy (non-hydrogen) atoms. The van der Waals surface area contributed by atoms with E-state index in [9.17, 15) is 9.59 Å². The van der Waals surface area contributed by atoms with Crippen LogP contribution < -0.4 is 9.64 Å². The van der Waals surface area contributed by atoms with Crippen molar-refractivity contribution in [1.82, 2.24) is 4.98 Å². The predicted octanol–water partition coefficient (Wildman–Crippen LogP) is 5.09. The van der Waals surface area contributed by atoms with Crippen LogP contribution in [0.25, 0.3) is 0 Å². The van der Waals surface area contributed by atoms with E-state index in [0.717, 1.165) is 34.2 Å². The number of carbonyl (C=O) groups excluding carboxylic acids is 2. The monoisotopic (exact) mass is 424 g/mol. The zero-order valence-corrected chi connectivity index (χ0v) is 17.6. The topological polar surface area (TPSA) is 59.5 Å². The Morgan fingerprint density at radius 1 is 1.21 bits per heavy atom. The molecule has 2 aromatic carbocycles. The molecule has 1 amide bonds. The van der Waals surface area contributed by atoms with Crippen LogP contribution >= 0.6 is 23.1 Å². The highest BCUT2D eigenvalue weighted by Crippen LogP contribution is 2.29. The number of thioether (sulfide) groups is 1. The molecule has 0 unspecified atom stereocenters. The van der Waals surface area contributed by atoms with E-state index in [-0.39, 0.29) is 5.91 Å². The van der Waals surface area contributed by atoms with Crippen LogP contribution in [0.15, 0.2) is 58.8 Å². The van der Waals surface area contributed by atoms with Gasteiger partial charge in [-0.25, -0.2) is 9.78 Å². The molecule has 1 fully saturated rings. The summed E-state index contributed by atoms with van der Waals surface area (Å²) in [5, 5.41) is 3.07. The molecule has 0 N–H and O–H groups in total. The van der Waals surface area contributed by atoms with Crippen molar-refractivity contribution in [2.24, 2.45) is 0 Å². The lowest BCUT2D eigenvalue weighted by molar-refractivity contribution is -0.117. The minimum absolute atomic E-state index is 0.135.